The molecule has 0 aliphatic carbocycles. The Morgan fingerprint density at radius 2 is 1.86 bits per heavy atom. The predicted octanol–water partition coefficient (Wildman–Crippen LogP) is 3.92. The van der Waals surface area contributed by atoms with Gasteiger partial charge in [-0.15, -0.1) is 0 Å². The van der Waals surface area contributed by atoms with E-state index in [1.807, 2.05) is 48.5 Å². The van der Waals surface area contributed by atoms with Crippen molar-refractivity contribution in [2.45, 2.75) is 26.2 Å². The van der Waals surface area contributed by atoms with Gasteiger partial charge in [-0.05, 0) is 42.7 Å². The number of unbranched alkanes of at least 4 members (excludes halogenated alkanes) is 1. The van der Waals surface area contributed by atoms with Crippen LogP contribution in [0.2, 0.25) is 0 Å². The number of ether oxygens (including phenoxy) is 1. The summed E-state index contributed by atoms with van der Waals surface area (Å²) in [5.74, 6) is 0.446. The zero-order valence-electron chi connectivity index (χ0n) is 16.5. The highest BCUT2D eigenvalue weighted by molar-refractivity contribution is 6.00. The molecule has 1 N–H and O–H groups in total. The zero-order chi connectivity index (χ0) is 19.9. The first-order valence-corrected chi connectivity index (χ1v) is 9.70. The first-order chi connectivity index (χ1) is 13.6. The summed E-state index contributed by atoms with van der Waals surface area (Å²) in [6.07, 6.45) is 3.37. The highest BCUT2D eigenvalue weighted by Gasteiger charge is 2.32. The standard InChI is InChI=1S/C22H27N3O3/c1-3-4-7-17-10-12-18(13-11-17)23-21(26)16-24-14-15-25(22(24)27)19-8-5-6-9-20(19)28-2/h5-6,8-13H,3-4,7,14-16H2,1-2H3,(H,23,26). The van der Waals surface area contributed by atoms with Gasteiger partial charge in [0.15, 0.2) is 0 Å². The van der Waals surface area contributed by atoms with Crippen molar-refractivity contribution in [3.63, 3.8) is 0 Å². The summed E-state index contributed by atoms with van der Waals surface area (Å²) in [6.45, 7) is 3.23. The SMILES string of the molecule is CCCCc1ccc(NC(=O)CN2CCN(c3ccccc3OC)C2=O)cc1. The highest BCUT2D eigenvalue weighted by Crippen LogP contribution is 2.30. The lowest BCUT2D eigenvalue weighted by Gasteiger charge is -2.20. The number of amides is 3. The molecule has 1 fully saturated rings. The third-order valence-electron chi connectivity index (χ3n) is 4.86. The lowest BCUT2D eigenvalue weighted by atomic mass is 10.1. The summed E-state index contributed by atoms with van der Waals surface area (Å²) >= 11 is 0. The summed E-state index contributed by atoms with van der Waals surface area (Å²) < 4.78 is 5.34. The normalized spacial score (nSPS) is 13.7. The van der Waals surface area contributed by atoms with Gasteiger partial charge in [0.1, 0.15) is 12.3 Å². The second kappa shape index (κ2) is 9.26. The van der Waals surface area contributed by atoms with E-state index in [9.17, 15) is 9.59 Å². The Morgan fingerprint density at radius 1 is 1.11 bits per heavy atom. The number of hydrogen-bond donors (Lipinski definition) is 1. The highest BCUT2D eigenvalue weighted by atomic mass is 16.5. The largest absolute Gasteiger partial charge is 0.495 e. The molecule has 6 nitrogen and oxygen atoms in total. The number of anilines is 2. The van der Waals surface area contributed by atoms with Crippen molar-refractivity contribution < 1.29 is 14.3 Å². The number of carbonyl (C=O) groups is 2. The summed E-state index contributed by atoms with van der Waals surface area (Å²) in [6, 6.07) is 15.1. The molecule has 1 aliphatic rings. The van der Waals surface area contributed by atoms with Crippen LogP contribution >= 0.6 is 0 Å². The minimum absolute atomic E-state index is 0.0298. The second-order valence-electron chi connectivity index (χ2n) is 6.88. The molecular formula is C22H27N3O3. The van der Waals surface area contributed by atoms with Gasteiger partial charge in [-0.3, -0.25) is 9.69 Å². The van der Waals surface area contributed by atoms with Crippen molar-refractivity contribution in [3.05, 3.63) is 54.1 Å². The molecule has 0 unspecified atom stereocenters. The molecule has 0 bridgehead atoms. The van der Waals surface area contributed by atoms with E-state index in [1.54, 1.807) is 16.9 Å². The number of aryl methyl sites for hydroxylation is 1. The molecule has 0 aromatic heterocycles. The van der Waals surface area contributed by atoms with E-state index in [0.717, 1.165) is 30.6 Å². The van der Waals surface area contributed by atoms with Crippen LogP contribution < -0.4 is 15.0 Å². The fraction of sp³-hybridized carbons (Fsp3) is 0.364. The fourth-order valence-corrected chi connectivity index (χ4v) is 3.32. The zero-order valence-corrected chi connectivity index (χ0v) is 16.5. The first kappa shape index (κ1) is 19.7. The molecule has 3 amide bonds. The average Bonchev–Trinajstić information content (AvgIpc) is 3.07. The lowest BCUT2D eigenvalue weighted by Crippen LogP contribution is -2.37. The smallest absolute Gasteiger partial charge is 0.325 e. The van der Waals surface area contributed by atoms with E-state index in [-0.39, 0.29) is 18.5 Å². The van der Waals surface area contributed by atoms with Crippen LogP contribution in [0.4, 0.5) is 16.2 Å². The molecule has 0 spiro atoms. The summed E-state index contributed by atoms with van der Waals surface area (Å²) in [5, 5.41) is 2.87. The van der Waals surface area contributed by atoms with Crippen molar-refractivity contribution in [1.29, 1.82) is 0 Å². The van der Waals surface area contributed by atoms with Gasteiger partial charge in [-0.1, -0.05) is 37.6 Å². The van der Waals surface area contributed by atoms with Gasteiger partial charge in [0.05, 0.1) is 12.8 Å². The number of nitrogens with zero attached hydrogens (tertiary/aromatic N) is 2. The van der Waals surface area contributed by atoms with E-state index in [4.69, 9.17) is 4.74 Å². The molecular weight excluding hydrogens is 354 g/mol. The Balaban J connectivity index is 1.57. The van der Waals surface area contributed by atoms with Crippen LogP contribution in [0.25, 0.3) is 0 Å². The minimum atomic E-state index is -0.198. The third kappa shape index (κ3) is 4.63. The van der Waals surface area contributed by atoms with E-state index in [1.165, 1.54) is 5.56 Å². The van der Waals surface area contributed by atoms with E-state index < -0.39 is 0 Å². The van der Waals surface area contributed by atoms with E-state index >= 15 is 0 Å². The van der Waals surface area contributed by atoms with Gasteiger partial charge in [0.25, 0.3) is 0 Å². The molecule has 2 aromatic rings. The van der Waals surface area contributed by atoms with Crippen LogP contribution in [-0.4, -0.2) is 43.6 Å². The summed E-state index contributed by atoms with van der Waals surface area (Å²) in [7, 11) is 1.58. The topological polar surface area (TPSA) is 61.9 Å². The first-order valence-electron chi connectivity index (χ1n) is 9.70. The molecule has 3 rings (SSSR count). The monoisotopic (exact) mass is 381 g/mol. The van der Waals surface area contributed by atoms with Crippen LogP contribution in [0.15, 0.2) is 48.5 Å². The average molecular weight is 381 g/mol. The Kier molecular flexibility index (Phi) is 6.53. The van der Waals surface area contributed by atoms with Crippen molar-refractivity contribution >= 4 is 23.3 Å². The van der Waals surface area contributed by atoms with Crippen LogP contribution in [-0.2, 0) is 11.2 Å². The van der Waals surface area contributed by atoms with Crippen LogP contribution in [0.1, 0.15) is 25.3 Å². The number of carbonyl (C=O) groups excluding carboxylic acids is 2. The molecule has 0 atom stereocenters. The second-order valence-corrected chi connectivity index (χ2v) is 6.88. The molecule has 0 radical (unpaired) electrons. The van der Waals surface area contributed by atoms with Gasteiger partial charge in [-0.2, -0.15) is 0 Å². The minimum Gasteiger partial charge on any atom is -0.495 e. The quantitative estimate of drug-likeness (QED) is 0.754. The molecule has 0 saturated carbocycles. The lowest BCUT2D eigenvalue weighted by molar-refractivity contribution is -0.116. The number of para-hydroxylation sites is 2. The predicted molar refractivity (Wildman–Crippen MR) is 111 cm³/mol. The van der Waals surface area contributed by atoms with Crippen LogP contribution in [0, 0.1) is 0 Å². The van der Waals surface area contributed by atoms with Crippen LogP contribution in [0.3, 0.4) is 0 Å². The van der Waals surface area contributed by atoms with Gasteiger partial charge < -0.3 is 15.0 Å². The van der Waals surface area contributed by atoms with Crippen molar-refractivity contribution in [2.24, 2.45) is 0 Å². The maximum Gasteiger partial charge on any atom is 0.325 e. The van der Waals surface area contributed by atoms with Gasteiger partial charge >= 0.3 is 6.03 Å². The van der Waals surface area contributed by atoms with E-state index in [2.05, 4.69) is 12.2 Å². The maximum absolute atomic E-state index is 12.7. The molecule has 28 heavy (non-hydrogen) atoms. The Hall–Kier alpha value is -3.02. The van der Waals surface area contributed by atoms with E-state index in [0.29, 0.717) is 18.8 Å². The molecule has 1 saturated heterocycles. The molecule has 1 aliphatic heterocycles. The van der Waals surface area contributed by atoms with Gasteiger partial charge in [-0.25, -0.2) is 4.79 Å². The molecule has 148 valence electrons. The molecule has 1 heterocycles. The number of methoxy groups -OCH3 is 1. The summed E-state index contributed by atoms with van der Waals surface area (Å²) in [5.41, 5.74) is 2.74. The van der Waals surface area contributed by atoms with Crippen molar-refractivity contribution in [1.82, 2.24) is 4.90 Å². The molecule has 2 aromatic carbocycles. The number of nitrogens with one attached hydrogen (secondary N) is 1. The number of urea groups is 1. The van der Waals surface area contributed by atoms with Crippen molar-refractivity contribution in [3.8, 4) is 5.75 Å². The summed E-state index contributed by atoms with van der Waals surface area (Å²) in [4.78, 5) is 28.3. The van der Waals surface area contributed by atoms with Crippen LogP contribution in [0.5, 0.6) is 5.75 Å². The Bertz CT molecular complexity index is 820. The van der Waals surface area contributed by atoms with Gasteiger partial charge in [0.2, 0.25) is 5.91 Å². The Morgan fingerprint density at radius 3 is 2.57 bits per heavy atom. The third-order valence-corrected chi connectivity index (χ3v) is 4.86. The number of benzene rings is 2. The fourth-order valence-electron chi connectivity index (χ4n) is 3.32. The number of hydrogen-bond acceptors (Lipinski definition) is 3. The van der Waals surface area contributed by atoms with Crippen molar-refractivity contribution in [2.75, 3.05) is 37.0 Å². The molecule has 6 heteroatoms. The van der Waals surface area contributed by atoms with Gasteiger partial charge in [0, 0.05) is 18.8 Å². The maximum atomic E-state index is 12.7. The number of rotatable bonds is 8. The Labute approximate surface area is 166 Å².